The maximum atomic E-state index is 14.8. The molecule has 2 bridgehead atoms. The molecule has 2 amide bonds. The van der Waals surface area contributed by atoms with Gasteiger partial charge in [0.05, 0.1) is 47.9 Å². The van der Waals surface area contributed by atoms with E-state index in [1.54, 1.807) is 36.4 Å². The van der Waals surface area contributed by atoms with Crippen LogP contribution in [0.25, 0.3) is 0 Å². The molecule has 0 saturated carbocycles. The van der Waals surface area contributed by atoms with E-state index in [-0.39, 0.29) is 18.0 Å². The summed E-state index contributed by atoms with van der Waals surface area (Å²) in [6.45, 7) is 7.47. The lowest BCUT2D eigenvalue weighted by Crippen LogP contribution is -2.59. The van der Waals surface area contributed by atoms with Gasteiger partial charge in [-0.15, -0.1) is 13.2 Å². The van der Waals surface area contributed by atoms with Crippen LogP contribution in [0, 0.1) is 11.8 Å². The molecule has 1 spiro atoms. The summed E-state index contributed by atoms with van der Waals surface area (Å²) in [4.78, 5) is 45.6. The first-order valence-corrected chi connectivity index (χ1v) is 15.8. The zero-order chi connectivity index (χ0) is 30.7. The van der Waals surface area contributed by atoms with Crippen molar-refractivity contribution in [3.8, 4) is 0 Å². The van der Waals surface area contributed by atoms with Gasteiger partial charge in [0.1, 0.15) is 11.6 Å². The Morgan fingerprint density at radius 1 is 1.19 bits per heavy atom. The van der Waals surface area contributed by atoms with Crippen molar-refractivity contribution < 1.29 is 29.0 Å². The molecule has 3 saturated heterocycles. The maximum Gasteiger partial charge on any atom is 0.312 e. The van der Waals surface area contributed by atoms with Crippen LogP contribution in [-0.2, 0) is 30.3 Å². The second-order valence-electron chi connectivity index (χ2n) is 11.2. The molecule has 8 nitrogen and oxygen atoms in total. The van der Waals surface area contributed by atoms with Crippen LogP contribution in [0.3, 0.4) is 0 Å². The summed E-state index contributed by atoms with van der Waals surface area (Å²) in [5.41, 5.74) is 0.0414. The number of likely N-dealkylation sites (tertiary alicyclic amines) is 1. The van der Waals surface area contributed by atoms with Gasteiger partial charge in [-0.1, -0.05) is 82.1 Å². The monoisotopic (exact) mass is 670 g/mol. The minimum atomic E-state index is -1.32. The number of ether oxygens (including phenoxy) is 2. The molecule has 3 fully saturated rings. The highest BCUT2D eigenvalue weighted by Gasteiger charge is 2.77. The SMILES string of the molecule is C=CCCCOC(=O)[C@H]1[C@@H]2OC3(CC2Br)C(C(=O)N(CC=C)c2ccccc2Cl)N([C@@H](CO)Cc2ccccc2)C(=O)[C@H]13. The van der Waals surface area contributed by atoms with E-state index in [0.717, 1.165) is 5.56 Å². The molecule has 3 aliphatic heterocycles. The predicted molar refractivity (Wildman–Crippen MR) is 168 cm³/mol. The van der Waals surface area contributed by atoms with Crippen molar-refractivity contribution in [2.24, 2.45) is 11.8 Å². The highest BCUT2D eigenvalue weighted by molar-refractivity contribution is 9.09. The van der Waals surface area contributed by atoms with E-state index in [4.69, 9.17) is 21.1 Å². The summed E-state index contributed by atoms with van der Waals surface area (Å²) in [6, 6.07) is 14.6. The van der Waals surface area contributed by atoms with Gasteiger partial charge < -0.3 is 24.4 Å². The number of benzene rings is 2. The Labute approximate surface area is 265 Å². The molecule has 228 valence electrons. The van der Waals surface area contributed by atoms with Crippen LogP contribution in [0.4, 0.5) is 5.69 Å². The van der Waals surface area contributed by atoms with E-state index in [9.17, 15) is 19.5 Å². The van der Waals surface area contributed by atoms with Crippen molar-refractivity contribution in [1.29, 1.82) is 0 Å². The number of nitrogens with zero attached hydrogens (tertiary/aromatic N) is 2. The number of hydrogen-bond donors (Lipinski definition) is 1. The van der Waals surface area contributed by atoms with Crippen molar-refractivity contribution >= 4 is 51.0 Å². The van der Waals surface area contributed by atoms with Gasteiger partial charge >= 0.3 is 5.97 Å². The van der Waals surface area contributed by atoms with Crippen LogP contribution in [-0.4, -0.2) is 76.2 Å². The lowest BCUT2D eigenvalue weighted by molar-refractivity contribution is -0.155. The number of carbonyl (C=O) groups excluding carboxylic acids is 3. The second kappa shape index (κ2) is 13.3. The summed E-state index contributed by atoms with van der Waals surface area (Å²) >= 11 is 10.2. The van der Waals surface area contributed by atoms with Gasteiger partial charge in [-0.2, -0.15) is 0 Å². The van der Waals surface area contributed by atoms with E-state index < -0.39 is 60.0 Å². The molecule has 3 heterocycles. The van der Waals surface area contributed by atoms with Gasteiger partial charge in [-0.3, -0.25) is 14.4 Å². The van der Waals surface area contributed by atoms with Crippen molar-refractivity contribution in [3.05, 3.63) is 90.5 Å². The topological polar surface area (TPSA) is 96.4 Å². The lowest BCUT2D eigenvalue weighted by Gasteiger charge is -2.39. The molecule has 5 rings (SSSR count). The summed E-state index contributed by atoms with van der Waals surface area (Å²) < 4.78 is 12.2. The van der Waals surface area contributed by atoms with Crippen LogP contribution in [0.1, 0.15) is 24.8 Å². The van der Waals surface area contributed by atoms with Gasteiger partial charge in [0, 0.05) is 11.4 Å². The Balaban J connectivity index is 1.59. The maximum absolute atomic E-state index is 14.8. The van der Waals surface area contributed by atoms with Crippen molar-refractivity contribution in [2.75, 3.05) is 24.7 Å². The first kappa shape index (κ1) is 31.4. The molecule has 7 atom stereocenters. The van der Waals surface area contributed by atoms with Gasteiger partial charge in [-0.25, -0.2) is 0 Å². The number of aliphatic hydroxyl groups excluding tert-OH is 1. The molecular formula is C33H36BrClN2O6. The predicted octanol–water partition coefficient (Wildman–Crippen LogP) is 4.72. The number of aliphatic hydroxyl groups is 1. The summed E-state index contributed by atoms with van der Waals surface area (Å²) in [5.74, 6) is -3.20. The summed E-state index contributed by atoms with van der Waals surface area (Å²) in [7, 11) is 0. The molecule has 3 unspecified atom stereocenters. The molecular weight excluding hydrogens is 636 g/mol. The highest BCUT2D eigenvalue weighted by Crippen LogP contribution is 2.61. The van der Waals surface area contributed by atoms with E-state index >= 15 is 0 Å². The third kappa shape index (κ3) is 5.68. The first-order valence-electron chi connectivity index (χ1n) is 14.5. The number of carbonyl (C=O) groups is 3. The molecule has 43 heavy (non-hydrogen) atoms. The number of para-hydroxylation sites is 1. The van der Waals surface area contributed by atoms with E-state index in [1.165, 1.54) is 9.80 Å². The van der Waals surface area contributed by atoms with Crippen LogP contribution in [0.15, 0.2) is 79.9 Å². The normalized spacial score (nSPS) is 27.9. The minimum Gasteiger partial charge on any atom is -0.465 e. The zero-order valence-corrected chi connectivity index (χ0v) is 26.2. The number of fused-ring (bicyclic) bond motifs is 1. The van der Waals surface area contributed by atoms with Crippen molar-refractivity contribution in [3.63, 3.8) is 0 Å². The molecule has 2 aromatic rings. The molecule has 0 aliphatic carbocycles. The van der Waals surface area contributed by atoms with Gasteiger partial charge in [0.25, 0.3) is 5.91 Å². The highest BCUT2D eigenvalue weighted by atomic mass is 79.9. The Morgan fingerprint density at radius 3 is 2.58 bits per heavy atom. The number of esters is 1. The fourth-order valence-corrected chi connectivity index (χ4v) is 8.08. The van der Waals surface area contributed by atoms with Crippen LogP contribution in [0.2, 0.25) is 5.02 Å². The number of unbranched alkanes of at least 4 members (excludes halogenated alkanes) is 1. The summed E-state index contributed by atoms with van der Waals surface area (Å²) in [5, 5.41) is 11.0. The number of hydrogen-bond acceptors (Lipinski definition) is 6. The largest absolute Gasteiger partial charge is 0.465 e. The third-order valence-corrected chi connectivity index (χ3v) is 9.83. The summed E-state index contributed by atoms with van der Waals surface area (Å²) in [6.07, 6.45) is 4.63. The quantitative estimate of drug-likeness (QED) is 0.143. The third-order valence-electron chi connectivity index (χ3n) is 8.67. The second-order valence-corrected chi connectivity index (χ2v) is 12.8. The number of rotatable bonds is 13. The lowest BCUT2D eigenvalue weighted by atomic mass is 9.70. The first-order chi connectivity index (χ1) is 20.8. The Hall–Kier alpha value is -2.98. The average Bonchev–Trinajstić information content (AvgIpc) is 3.60. The van der Waals surface area contributed by atoms with E-state index in [2.05, 4.69) is 29.1 Å². The number of alkyl halides is 1. The molecule has 3 aliphatic rings. The van der Waals surface area contributed by atoms with Gasteiger partial charge in [0.15, 0.2) is 0 Å². The number of anilines is 1. The number of amides is 2. The Kier molecular flexibility index (Phi) is 9.76. The minimum absolute atomic E-state index is 0.125. The van der Waals surface area contributed by atoms with Crippen LogP contribution < -0.4 is 4.90 Å². The standard InChI is InChI=1S/C33H36BrClN2O6/c1-3-5-11-17-42-32(41)26-27-30(39)37(22(20-38)18-21-12-7-6-8-13-21)29(33(27)19-23(34)28(26)43-33)31(40)36(16-4-2)25-15-10-9-14-24(25)35/h3-4,6-10,12-15,22-23,26-29,38H,1-2,5,11,16-20H2/t22-,23?,26-,27+,28-,29?,33?/m1/s1. The number of allylic oxidation sites excluding steroid dienone is 1. The zero-order valence-electron chi connectivity index (χ0n) is 23.8. The molecule has 1 N–H and O–H groups in total. The fraction of sp³-hybridized carbons (Fsp3) is 0.424. The van der Waals surface area contributed by atoms with Crippen LogP contribution in [0.5, 0.6) is 0 Å². The molecule has 10 heteroatoms. The van der Waals surface area contributed by atoms with Crippen LogP contribution >= 0.6 is 27.5 Å². The van der Waals surface area contributed by atoms with Crippen molar-refractivity contribution in [2.45, 2.75) is 54.3 Å². The molecule has 0 radical (unpaired) electrons. The number of halogens is 2. The molecule has 2 aromatic carbocycles. The van der Waals surface area contributed by atoms with Gasteiger partial charge in [0.2, 0.25) is 5.91 Å². The van der Waals surface area contributed by atoms with E-state index in [1.807, 2.05) is 30.3 Å². The Morgan fingerprint density at radius 2 is 1.91 bits per heavy atom. The molecule has 0 aromatic heterocycles. The average molecular weight is 672 g/mol. The van der Waals surface area contributed by atoms with E-state index in [0.29, 0.717) is 36.4 Å². The van der Waals surface area contributed by atoms with Gasteiger partial charge in [-0.05, 0) is 43.4 Å². The smallest absolute Gasteiger partial charge is 0.312 e. The Bertz CT molecular complexity index is 1370. The fourth-order valence-electron chi connectivity index (χ4n) is 6.90. The van der Waals surface area contributed by atoms with Crippen molar-refractivity contribution in [1.82, 2.24) is 4.90 Å².